The number of halogens is 7. The highest BCUT2D eigenvalue weighted by atomic mass is 32.1. The van der Waals surface area contributed by atoms with Gasteiger partial charge in [-0.15, -0.1) is 11.3 Å². The topological polar surface area (TPSA) is 12.9 Å². The normalized spacial score (nSPS) is 21.3. The van der Waals surface area contributed by atoms with Gasteiger partial charge in [-0.3, -0.25) is 4.98 Å². The number of pyridine rings is 1. The van der Waals surface area contributed by atoms with Crippen LogP contribution in [0.1, 0.15) is 10.4 Å². The van der Waals surface area contributed by atoms with Gasteiger partial charge in [-0.25, -0.2) is 4.39 Å². The SMILES string of the molecule is Cc1sc(-c2ccccn2)cc1C1=C(F)C(F)(F)C(F)(F)C1(F)F. The van der Waals surface area contributed by atoms with Gasteiger partial charge >= 0.3 is 17.8 Å². The number of aromatic nitrogens is 1. The first kappa shape index (κ1) is 16.9. The molecule has 0 aliphatic heterocycles. The van der Waals surface area contributed by atoms with Gasteiger partial charge < -0.3 is 0 Å². The zero-order valence-corrected chi connectivity index (χ0v) is 12.7. The van der Waals surface area contributed by atoms with Crippen LogP contribution in [0.2, 0.25) is 0 Å². The molecule has 0 bridgehead atoms. The number of hydrogen-bond acceptors (Lipinski definition) is 2. The summed E-state index contributed by atoms with van der Waals surface area (Å²) in [5.74, 6) is -19.5. The Morgan fingerprint density at radius 1 is 1.00 bits per heavy atom. The number of aryl methyl sites for hydroxylation is 1. The Kier molecular flexibility index (Phi) is 3.56. The van der Waals surface area contributed by atoms with Crippen molar-refractivity contribution in [3.8, 4) is 10.6 Å². The zero-order valence-electron chi connectivity index (χ0n) is 11.9. The molecule has 0 amide bonds. The van der Waals surface area contributed by atoms with E-state index < -0.39 is 34.7 Å². The van der Waals surface area contributed by atoms with Gasteiger partial charge in [-0.1, -0.05) is 6.07 Å². The molecule has 0 atom stereocenters. The molecule has 1 nitrogen and oxygen atoms in total. The molecule has 0 aromatic carbocycles. The average molecular weight is 367 g/mol. The minimum atomic E-state index is -5.83. The van der Waals surface area contributed by atoms with E-state index in [0.29, 0.717) is 5.69 Å². The number of thiophene rings is 1. The standard InChI is InChI=1S/C15H8F7NS/c1-7-8(6-10(24-7)9-4-2-3-5-23-9)11-12(16)14(19,20)15(21,22)13(11,17)18/h2-6H,1H3. The van der Waals surface area contributed by atoms with Gasteiger partial charge in [-0.2, -0.15) is 26.3 Å². The Hall–Kier alpha value is -1.90. The molecule has 0 unspecified atom stereocenters. The van der Waals surface area contributed by atoms with Crippen molar-refractivity contribution in [2.24, 2.45) is 0 Å². The quantitative estimate of drug-likeness (QED) is 0.619. The van der Waals surface area contributed by atoms with E-state index in [4.69, 9.17) is 0 Å². The molecule has 9 heteroatoms. The first-order valence-electron chi connectivity index (χ1n) is 6.58. The summed E-state index contributed by atoms with van der Waals surface area (Å²) >= 11 is 0.871. The molecule has 2 aromatic rings. The minimum absolute atomic E-state index is 0.00831. The van der Waals surface area contributed by atoms with Crippen LogP contribution in [0.25, 0.3) is 16.1 Å². The van der Waals surface area contributed by atoms with Crippen LogP contribution >= 0.6 is 11.3 Å². The van der Waals surface area contributed by atoms with Gasteiger partial charge in [0, 0.05) is 16.6 Å². The molecule has 128 valence electrons. The minimum Gasteiger partial charge on any atom is -0.255 e. The smallest absolute Gasteiger partial charge is 0.255 e. The first-order valence-corrected chi connectivity index (χ1v) is 7.40. The number of rotatable bonds is 2. The number of allylic oxidation sites excluding steroid dienone is 2. The number of alkyl halides is 6. The molecule has 24 heavy (non-hydrogen) atoms. The predicted octanol–water partition coefficient (Wildman–Crippen LogP) is 5.72. The summed E-state index contributed by atoms with van der Waals surface area (Å²) in [7, 11) is 0. The van der Waals surface area contributed by atoms with E-state index in [1.807, 2.05) is 0 Å². The molecule has 1 aliphatic carbocycles. The molecule has 1 aliphatic rings. The van der Waals surface area contributed by atoms with Gasteiger partial charge in [-0.05, 0) is 25.1 Å². The van der Waals surface area contributed by atoms with Crippen molar-refractivity contribution in [2.45, 2.75) is 24.7 Å². The predicted molar refractivity (Wildman–Crippen MR) is 75.2 cm³/mol. The highest BCUT2D eigenvalue weighted by Gasteiger charge is 2.81. The Bertz CT molecular complexity index is 824. The molecule has 0 spiro atoms. The van der Waals surface area contributed by atoms with E-state index in [-0.39, 0.29) is 9.75 Å². The van der Waals surface area contributed by atoms with E-state index in [1.54, 1.807) is 12.1 Å². The lowest BCUT2D eigenvalue weighted by atomic mass is 10.0. The Balaban J connectivity index is 2.20. The fraction of sp³-hybridized carbons (Fsp3) is 0.267. The van der Waals surface area contributed by atoms with Crippen LogP contribution in [0.3, 0.4) is 0 Å². The molecule has 0 saturated heterocycles. The lowest BCUT2D eigenvalue weighted by molar-refractivity contribution is -0.263. The van der Waals surface area contributed by atoms with Gasteiger partial charge in [0.1, 0.15) is 0 Å². The summed E-state index contributed by atoms with van der Waals surface area (Å²) < 4.78 is 94.9. The summed E-state index contributed by atoms with van der Waals surface area (Å²) in [6.07, 6.45) is 1.41. The lowest BCUT2D eigenvalue weighted by Gasteiger charge is -2.24. The van der Waals surface area contributed by atoms with Crippen molar-refractivity contribution >= 4 is 16.9 Å². The summed E-state index contributed by atoms with van der Waals surface area (Å²) in [6, 6.07) is 5.70. The third kappa shape index (κ3) is 2.03. The molecule has 0 fully saturated rings. The van der Waals surface area contributed by atoms with Crippen molar-refractivity contribution in [3.63, 3.8) is 0 Å². The van der Waals surface area contributed by atoms with Crippen LogP contribution in [0.15, 0.2) is 36.3 Å². The molecular formula is C15H8F7NS. The van der Waals surface area contributed by atoms with Crippen molar-refractivity contribution < 1.29 is 30.7 Å². The maximum atomic E-state index is 13.9. The monoisotopic (exact) mass is 367 g/mol. The molecule has 2 aromatic heterocycles. The first-order chi connectivity index (χ1) is 11.0. The van der Waals surface area contributed by atoms with Crippen LogP contribution in [0.5, 0.6) is 0 Å². The van der Waals surface area contributed by atoms with Crippen molar-refractivity contribution in [1.29, 1.82) is 0 Å². The van der Waals surface area contributed by atoms with Gasteiger partial charge in [0.05, 0.1) is 16.1 Å². The number of hydrogen-bond donors (Lipinski definition) is 0. The summed E-state index contributed by atoms with van der Waals surface area (Å²) in [4.78, 5) is 4.24. The fourth-order valence-electron chi connectivity index (χ4n) is 2.44. The molecule has 2 heterocycles. The third-order valence-corrected chi connectivity index (χ3v) is 4.78. The van der Waals surface area contributed by atoms with E-state index in [9.17, 15) is 30.7 Å². The molecular weight excluding hydrogens is 359 g/mol. The van der Waals surface area contributed by atoms with Crippen molar-refractivity contribution in [2.75, 3.05) is 0 Å². The molecule has 3 rings (SSSR count). The fourth-order valence-corrected chi connectivity index (χ4v) is 3.44. The Morgan fingerprint density at radius 2 is 1.67 bits per heavy atom. The van der Waals surface area contributed by atoms with Crippen molar-refractivity contribution in [3.05, 3.63) is 46.7 Å². The van der Waals surface area contributed by atoms with Gasteiger partial charge in [0.25, 0.3) is 0 Å². The maximum Gasteiger partial charge on any atom is 0.383 e. The van der Waals surface area contributed by atoms with Crippen molar-refractivity contribution in [1.82, 2.24) is 4.98 Å². The highest BCUT2D eigenvalue weighted by Crippen LogP contribution is 2.63. The molecule has 0 saturated carbocycles. The summed E-state index contributed by atoms with van der Waals surface area (Å²) in [5, 5.41) is 0. The summed E-state index contributed by atoms with van der Waals surface area (Å²) in [5.41, 5.74) is -2.30. The number of nitrogens with zero attached hydrogens (tertiary/aromatic N) is 1. The van der Waals surface area contributed by atoms with Crippen LogP contribution in [-0.2, 0) is 0 Å². The maximum absolute atomic E-state index is 13.9. The van der Waals surface area contributed by atoms with Gasteiger partial charge in [0.2, 0.25) is 0 Å². The lowest BCUT2D eigenvalue weighted by Crippen LogP contribution is -2.48. The average Bonchev–Trinajstić information content (AvgIpc) is 2.92. The van der Waals surface area contributed by atoms with Crippen LogP contribution in [-0.4, -0.2) is 22.8 Å². The Morgan fingerprint density at radius 3 is 2.17 bits per heavy atom. The molecule has 0 N–H and O–H groups in total. The van der Waals surface area contributed by atoms with E-state index in [0.717, 1.165) is 17.4 Å². The van der Waals surface area contributed by atoms with Crippen LogP contribution in [0.4, 0.5) is 30.7 Å². The van der Waals surface area contributed by atoms with Crippen LogP contribution < -0.4 is 0 Å². The van der Waals surface area contributed by atoms with Gasteiger partial charge in [0.15, 0.2) is 5.83 Å². The van der Waals surface area contributed by atoms with Crippen LogP contribution in [0, 0.1) is 6.92 Å². The second-order valence-electron chi connectivity index (χ2n) is 5.21. The molecule has 0 radical (unpaired) electrons. The van der Waals surface area contributed by atoms with E-state index >= 15 is 0 Å². The largest absolute Gasteiger partial charge is 0.383 e. The highest BCUT2D eigenvalue weighted by molar-refractivity contribution is 7.15. The van der Waals surface area contributed by atoms with E-state index in [2.05, 4.69) is 4.98 Å². The third-order valence-electron chi connectivity index (χ3n) is 3.70. The second kappa shape index (κ2) is 5.05. The summed E-state index contributed by atoms with van der Waals surface area (Å²) in [6.45, 7) is 1.26. The second-order valence-corrected chi connectivity index (χ2v) is 6.46. The zero-order chi connectivity index (χ0) is 17.9. The van der Waals surface area contributed by atoms with E-state index in [1.165, 1.54) is 19.2 Å². The Labute approximate surface area is 135 Å².